The molecular formula is C30H45N3O6. The van der Waals surface area contributed by atoms with E-state index in [1.54, 1.807) is 4.90 Å². The molecular weight excluding hydrogens is 498 g/mol. The SMILES string of the molecule is CCOC(=O)C1CCCN(c2cccc(OC(C)(C)C(=O)N3CCC4(CCN(C(=O)OC(C)(C)C)C4)C3)c2)C1. The Labute approximate surface area is 232 Å². The number of amides is 2. The van der Waals surface area contributed by atoms with Crippen molar-refractivity contribution in [2.45, 2.75) is 78.4 Å². The lowest BCUT2D eigenvalue weighted by Crippen LogP contribution is -2.49. The molecule has 2 amide bonds. The van der Waals surface area contributed by atoms with Gasteiger partial charge in [-0.2, -0.15) is 0 Å². The first kappa shape index (κ1) is 29.0. The molecule has 2 atom stereocenters. The molecule has 0 bridgehead atoms. The summed E-state index contributed by atoms with van der Waals surface area (Å²) in [4.78, 5) is 44.3. The van der Waals surface area contributed by atoms with Gasteiger partial charge in [-0.25, -0.2) is 4.79 Å². The molecule has 0 N–H and O–H groups in total. The van der Waals surface area contributed by atoms with E-state index in [2.05, 4.69) is 4.90 Å². The standard InChI is InChI=1S/C30H45N3O6/c1-7-37-25(34)22-10-9-15-31(19-22)23-11-8-12-24(18-23)38-29(5,6)26(35)32-16-13-30(20-32)14-17-33(21-30)27(36)39-28(2,3)4/h8,11-12,18,22H,7,9-10,13-17,19-21H2,1-6H3. The van der Waals surface area contributed by atoms with E-state index in [0.717, 1.165) is 37.9 Å². The fraction of sp³-hybridized carbons (Fsp3) is 0.700. The van der Waals surface area contributed by atoms with E-state index >= 15 is 0 Å². The van der Waals surface area contributed by atoms with Crippen LogP contribution in [0.3, 0.4) is 0 Å². The largest absolute Gasteiger partial charge is 0.478 e. The van der Waals surface area contributed by atoms with Crippen molar-refractivity contribution in [2.24, 2.45) is 11.3 Å². The molecule has 216 valence electrons. The normalized spacial score (nSPS) is 23.7. The molecule has 0 aliphatic carbocycles. The molecule has 0 saturated carbocycles. The molecule has 0 aromatic heterocycles. The zero-order valence-electron chi connectivity index (χ0n) is 24.5. The number of piperidine rings is 1. The molecule has 3 aliphatic rings. The number of benzene rings is 1. The van der Waals surface area contributed by atoms with E-state index in [4.69, 9.17) is 14.2 Å². The van der Waals surface area contributed by atoms with Crippen LogP contribution in [0, 0.1) is 11.3 Å². The molecule has 4 rings (SSSR count). The number of likely N-dealkylation sites (tertiary alicyclic amines) is 2. The van der Waals surface area contributed by atoms with Crippen LogP contribution in [0.5, 0.6) is 5.75 Å². The first-order valence-electron chi connectivity index (χ1n) is 14.3. The van der Waals surface area contributed by atoms with E-state index in [0.29, 0.717) is 45.1 Å². The minimum Gasteiger partial charge on any atom is -0.478 e. The number of hydrogen-bond donors (Lipinski definition) is 0. The zero-order valence-corrected chi connectivity index (χ0v) is 24.5. The lowest BCUT2D eigenvalue weighted by atomic mass is 9.86. The number of carbonyl (C=O) groups excluding carboxylic acids is 3. The van der Waals surface area contributed by atoms with Gasteiger partial charge in [-0.15, -0.1) is 0 Å². The number of carbonyl (C=O) groups is 3. The van der Waals surface area contributed by atoms with Gasteiger partial charge < -0.3 is 28.9 Å². The number of esters is 1. The minimum atomic E-state index is -1.05. The lowest BCUT2D eigenvalue weighted by Gasteiger charge is -2.34. The minimum absolute atomic E-state index is 0.0548. The van der Waals surface area contributed by atoms with Crippen LogP contribution >= 0.6 is 0 Å². The van der Waals surface area contributed by atoms with E-state index in [-0.39, 0.29) is 29.3 Å². The third-order valence-corrected chi connectivity index (χ3v) is 7.93. The van der Waals surface area contributed by atoms with Crippen molar-refractivity contribution in [1.29, 1.82) is 0 Å². The highest BCUT2D eigenvalue weighted by molar-refractivity contribution is 5.85. The van der Waals surface area contributed by atoms with Crippen LogP contribution in [0.4, 0.5) is 10.5 Å². The summed E-state index contributed by atoms with van der Waals surface area (Å²) in [7, 11) is 0. The molecule has 9 heteroatoms. The van der Waals surface area contributed by atoms with Gasteiger partial charge in [0.25, 0.3) is 5.91 Å². The quantitative estimate of drug-likeness (QED) is 0.489. The zero-order chi connectivity index (χ0) is 28.4. The third kappa shape index (κ3) is 6.97. The molecule has 0 radical (unpaired) electrons. The van der Waals surface area contributed by atoms with Gasteiger partial charge in [0.05, 0.1) is 12.5 Å². The smallest absolute Gasteiger partial charge is 0.410 e. The Kier molecular flexibility index (Phi) is 8.38. The van der Waals surface area contributed by atoms with Crippen LogP contribution in [-0.2, 0) is 19.1 Å². The van der Waals surface area contributed by atoms with Crippen molar-refractivity contribution in [3.05, 3.63) is 24.3 Å². The summed E-state index contributed by atoms with van der Waals surface area (Å²) in [5, 5.41) is 0. The van der Waals surface area contributed by atoms with Crippen molar-refractivity contribution in [1.82, 2.24) is 9.80 Å². The van der Waals surface area contributed by atoms with Gasteiger partial charge in [0, 0.05) is 56.4 Å². The molecule has 3 fully saturated rings. The summed E-state index contributed by atoms with van der Waals surface area (Å²) in [6.07, 6.45) is 3.19. The first-order valence-corrected chi connectivity index (χ1v) is 14.3. The molecule has 9 nitrogen and oxygen atoms in total. The van der Waals surface area contributed by atoms with Crippen LogP contribution in [0.2, 0.25) is 0 Å². The second-order valence-corrected chi connectivity index (χ2v) is 12.8. The molecule has 39 heavy (non-hydrogen) atoms. The highest BCUT2D eigenvalue weighted by atomic mass is 16.6. The highest BCUT2D eigenvalue weighted by Crippen LogP contribution is 2.41. The van der Waals surface area contributed by atoms with Crippen LogP contribution < -0.4 is 9.64 Å². The van der Waals surface area contributed by atoms with Crippen molar-refractivity contribution in [3.63, 3.8) is 0 Å². The van der Waals surface area contributed by atoms with E-state index in [1.165, 1.54) is 0 Å². The average molecular weight is 544 g/mol. The molecule has 1 aromatic carbocycles. The first-order chi connectivity index (χ1) is 18.3. The van der Waals surface area contributed by atoms with Gasteiger partial charge in [-0.1, -0.05) is 6.07 Å². The van der Waals surface area contributed by atoms with Gasteiger partial charge in [-0.3, -0.25) is 9.59 Å². The third-order valence-electron chi connectivity index (χ3n) is 7.93. The van der Waals surface area contributed by atoms with Crippen molar-refractivity contribution in [2.75, 3.05) is 50.8 Å². The van der Waals surface area contributed by atoms with Crippen molar-refractivity contribution < 1.29 is 28.6 Å². The number of anilines is 1. The molecule has 2 unspecified atom stereocenters. The van der Waals surface area contributed by atoms with Gasteiger partial charge >= 0.3 is 12.1 Å². The maximum atomic E-state index is 13.6. The van der Waals surface area contributed by atoms with E-state index in [9.17, 15) is 14.4 Å². The Morgan fingerprint density at radius 3 is 2.38 bits per heavy atom. The van der Waals surface area contributed by atoms with Crippen molar-refractivity contribution >= 4 is 23.7 Å². The molecule has 1 aromatic rings. The summed E-state index contributed by atoms with van der Waals surface area (Å²) in [5.41, 5.74) is -0.701. The summed E-state index contributed by atoms with van der Waals surface area (Å²) in [6.45, 7) is 15.5. The monoisotopic (exact) mass is 543 g/mol. The Hall–Kier alpha value is -2.97. The van der Waals surface area contributed by atoms with Crippen LogP contribution in [0.1, 0.15) is 67.2 Å². The van der Waals surface area contributed by atoms with Gasteiger partial charge in [-0.05, 0) is 79.4 Å². The van der Waals surface area contributed by atoms with Gasteiger partial charge in [0.1, 0.15) is 11.4 Å². The highest BCUT2D eigenvalue weighted by Gasteiger charge is 2.49. The molecule has 3 saturated heterocycles. The average Bonchev–Trinajstić information content (AvgIpc) is 3.49. The van der Waals surface area contributed by atoms with Crippen molar-refractivity contribution in [3.8, 4) is 5.75 Å². The maximum absolute atomic E-state index is 13.6. The lowest BCUT2D eigenvalue weighted by molar-refractivity contribution is -0.148. The number of ether oxygens (including phenoxy) is 3. The van der Waals surface area contributed by atoms with E-state index in [1.807, 2.05) is 70.7 Å². The summed E-state index contributed by atoms with van der Waals surface area (Å²) in [5.74, 6) is 0.294. The summed E-state index contributed by atoms with van der Waals surface area (Å²) < 4.78 is 17.1. The fourth-order valence-electron chi connectivity index (χ4n) is 5.99. The fourth-order valence-corrected chi connectivity index (χ4v) is 5.99. The molecule has 3 aliphatic heterocycles. The number of nitrogens with zero attached hydrogens (tertiary/aromatic N) is 3. The second kappa shape index (κ2) is 11.3. The maximum Gasteiger partial charge on any atom is 0.410 e. The van der Waals surface area contributed by atoms with E-state index < -0.39 is 11.2 Å². The molecule has 3 heterocycles. The Balaban J connectivity index is 1.36. The predicted octanol–water partition coefficient (Wildman–Crippen LogP) is 4.48. The Morgan fingerprint density at radius 1 is 1.00 bits per heavy atom. The summed E-state index contributed by atoms with van der Waals surface area (Å²) in [6, 6.07) is 7.75. The van der Waals surface area contributed by atoms with Gasteiger partial charge in [0.15, 0.2) is 5.60 Å². The summed E-state index contributed by atoms with van der Waals surface area (Å²) >= 11 is 0. The van der Waals surface area contributed by atoms with Crippen LogP contribution in [0.15, 0.2) is 24.3 Å². The number of hydrogen-bond acceptors (Lipinski definition) is 7. The van der Waals surface area contributed by atoms with Crippen LogP contribution in [0.25, 0.3) is 0 Å². The predicted molar refractivity (Wildman–Crippen MR) is 149 cm³/mol. The number of rotatable bonds is 6. The second-order valence-electron chi connectivity index (χ2n) is 12.8. The Morgan fingerprint density at radius 2 is 1.69 bits per heavy atom. The topological polar surface area (TPSA) is 88.6 Å². The van der Waals surface area contributed by atoms with Gasteiger partial charge in [0.2, 0.25) is 0 Å². The van der Waals surface area contributed by atoms with Crippen LogP contribution in [-0.4, -0.2) is 84.8 Å². The Bertz CT molecular complexity index is 1070. The molecule has 1 spiro atoms.